The number of rotatable bonds is 7. The summed E-state index contributed by atoms with van der Waals surface area (Å²) in [6.07, 6.45) is 4.37. The van der Waals surface area contributed by atoms with E-state index < -0.39 is 0 Å². The Hall–Kier alpha value is -3.82. The lowest BCUT2D eigenvalue weighted by atomic mass is 9.96. The highest BCUT2D eigenvalue weighted by molar-refractivity contribution is 6.06. The molecular weight excluding hydrogens is 471 g/mol. The van der Waals surface area contributed by atoms with Crippen LogP contribution in [0.3, 0.4) is 0 Å². The maximum Gasteiger partial charge on any atom is 0.254 e. The van der Waals surface area contributed by atoms with Gasteiger partial charge in [0.15, 0.2) is 0 Å². The molecular formula is C28H29FN6O2. The number of amides is 1. The van der Waals surface area contributed by atoms with E-state index in [-0.39, 0.29) is 11.7 Å². The average molecular weight is 501 g/mol. The molecule has 9 heteroatoms. The Balaban J connectivity index is 1.37. The fourth-order valence-electron chi connectivity index (χ4n) is 5.21. The van der Waals surface area contributed by atoms with E-state index in [0.29, 0.717) is 35.2 Å². The van der Waals surface area contributed by atoms with Crippen LogP contribution in [0.15, 0.2) is 48.8 Å². The Kier molecular flexibility index (Phi) is 6.10. The second-order valence-electron chi connectivity index (χ2n) is 9.66. The summed E-state index contributed by atoms with van der Waals surface area (Å²) in [4.78, 5) is 24.5. The van der Waals surface area contributed by atoms with E-state index in [4.69, 9.17) is 9.72 Å². The molecule has 3 aromatic heterocycles. The fourth-order valence-corrected chi connectivity index (χ4v) is 5.21. The minimum absolute atomic E-state index is 0.134. The number of imidazole rings is 1. The summed E-state index contributed by atoms with van der Waals surface area (Å²) < 4.78 is 21.1. The van der Waals surface area contributed by atoms with Crippen LogP contribution in [0.5, 0.6) is 0 Å². The first-order valence-electron chi connectivity index (χ1n) is 12.6. The Bertz CT molecular complexity index is 1490. The van der Waals surface area contributed by atoms with E-state index in [1.54, 1.807) is 12.4 Å². The van der Waals surface area contributed by atoms with E-state index in [2.05, 4.69) is 40.6 Å². The smallest absolute Gasteiger partial charge is 0.254 e. The van der Waals surface area contributed by atoms with Gasteiger partial charge >= 0.3 is 0 Å². The van der Waals surface area contributed by atoms with Crippen LogP contribution in [0.25, 0.3) is 16.9 Å². The van der Waals surface area contributed by atoms with Gasteiger partial charge in [-0.15, -0.1) is 0 Å². The zero-order chi connectivity index (χ0) is 25.5. The lowest BCUT2D eigenvalue weighted by Crippen LogP contribution is -2.20. The number of fused-ring (bicyclic) bond motifs is 2. The minimum atomic E-state index is -0.338. The number of nitrogens with one attached hydrogen (secondary N) is 2. The third-order valence-corrected chi connectivity index (χ3v) is 7.32. The number of halogens is 1. The van der Waals surface area contributed by atoms with Crippen molar-refractivity contribution in [1.82, 2.24) is 24.6 Å². The van der Waals surface area contributed by atoms with E-state index in [9.17, 15) is 9.18 Å². The van der Waals surface area contributed by atoms with Gasteiger partial charge in [0.2, 0.25) is 0 Å². The third kappa shape index (κ3) is 4.34. The van der Waals surface area contributed by atoms with Crippen molar-refractivity contribution in [2.75, 3.05) is 32.1 Å². The van der Waals surface area contributed by atoms with E-state index in [0.717, 1.165) is 55.2 Å². The number of nitrogens with zero attached hydrogens (tertiary/aromatic N) is 4. The topological polar surface area (TPSA) is 83.8 Å². The van der Waals surface area contributed by atoms with Gasteiger partial charge in [0, 0.05) is 43.4 Å². The van der Waals surface area contributed by atoms with Crippen LogP contribution in [0.2, 0.25) is 0 Å². The molecule has 0 bridgehead atoms. The quantitative estimate of drug-likeness (QED) is 0.389. The second-order valence-corrected chi connectivity index (χ2v) is 9.66. The number of hydrogen-bond acceptors (Lipinski definition) is 6. The lowest BCUT2D eigenvalue weighted by molar-refractivity contribution is 0.0966. The molecule has 190 valence electrons. The van der Waals surface area contributed by atoms with Gasteiger partial charge in [-0.05, 0) is 49.3 Å². The number of ether oxygens (including phenoxy) is 1. The lowest BCUT2D eigenvalue weighted by Gasteiger charge is -2.20. The van der Waals surface area contributed by atoms with Crippen molar-refractivity contribution in [2.45, 2.75) is 32.4 Å². The maximum atomic E-state index is 13.7. The van der Waals surface area contributed by atoms with Crippen LogP contribution in [0.4, 0.5) is 15.9 Å². The van der Waals surface area contributed by atoms with Gasteiger partial charge in [0.25, 0.3) is 5.91 Å². The van der Waals surface area contributed by atoms with Gasteiger partial charge in [0.05, 0.1) is 35.4 Å². The van der Waals surface area contributed by atoms with Crippen LogP contribution in [0, 0.1) is 5.82 Å². The van der Waals surface area contributed by atoms with Crippen molar-refractivity contribution in [1.29, 1.82) is 0 Å². The van der Waals surface area contributed by atoms with Gasteiger partial charge in [-0.25, -0.2) is 14.4 Å². The molecule has 1 unspecified atom stereocenters. The van der Waals surface area contributed by atoms with Crippen LogP contribution < -0.4 is 10.6 Å². The molecule has 2 aliphatic heterocycles. The summed E-state index contributed by atoms with van der Waals surface area (Å²) in [5.74, 6) is 0.580. The molecule has 0 spiro atoms. The molecule has 8 nitrogen and oxygen atoms in total. The standard InChI is InChI=1S/C28H29FN6O2/c1-3-34(2)15-23-19(17-9-11-37-16-17)5-7-25(33-23)32-22-6-4-20(21-13-31-28(36)27(21)22)24-14-30-26-12-18(29)8-10-35(24)26/h4-8,10,12,14,17H,3,9,11,13,15-16H2,1-2H3,(H,31,36)(H,32,33). The zero-order valence-electron chi connectivity index (χ0n) is 20.9. The molecule has 1 amide bonds. The van der Waals surface area contributed by atoms with E-state index in [1.165, 1.54) is 17.7 Å². The summed E-state index contributed by atoms with van der Waals surface area (Å²) in [6.45, 7) is 5.71. The molecule has 1 fully saturated rings. The van der Waals surface area contributed by atoms with Crippen LogP contribution in [-0.4, -0.2) is 52.0 Å². The predicted molar refractivity (Wildman–Crippen MR) is 139 cm³/mol. The highest BCUT2D eigenvalue weighted by atomic mass is 19.1. The fraction of sp³-hybridized carbons (Fsp3) is 0.321. The Labute approximate surface area is 214 Å². The summed E-state index contributed by atoms with van der Waals surface area (Å²) in [5, 5.41) is 6.36. The molecule has 0 saturated carbocycles. The highest BCUT2D eigenvalue weighted by Gasteiger charge is 2.28. The van der Waals surface area contributed by atoms with Gasteiger partial charge in [0.1, 0.15) is 17.3 Å². The Morgan fingerprint density at radius 1 is 1.27 bits per heavy atom. The second kappa shape index (κ2) is 9.57. The molecule has 1 atom stereocenters. The van der Waals surface area contributed by atoms with Crippen molar-refractivity contribution in [3.8, 4) is 11.3 Å². The highest BCUT2D eigenvalue weighted by Crippen LogP contribution is 2.36. The molecule has 0 radical (unpaired) electrons. The van der Waals surface area contributed by atoms with Crippen LogP contribution in [-0.2, 0) is 17.8 Å². The monoisotopic (exact) mass is 500 g/mol. The van der Waals surface area contributed by atoms with Crippen molar-refractivity contribution < 1.29 is 13.9 Å². The molecule has 2 N–H and O–H groups in total. The predicted octanol–water partition coefficient (Wildman–Crippen LogP) is 4.48. The molecule has 5 heterocycles. The number of hydrogen-bond donors (Lipinski definition) is 2. The number of carbonyl (C=O) groups is 1. The van der Waals surface area contributed by atoms with Crippen LogP contribution >= 0.6 is 0 Å². The number of aromatic nitrogens is 3. The molecule has 37 heavy (non-hydrogen) atoms. The molecule has 6 rings (SSSR count). The van der Waals surface area contributed by atoms with Gasteiger partial charge in [-0.3, -0.25) is 9.20 Å². The Morgan fingerprint density at radius 3 is 2.97 bits per heavy atom. The van der Waals surface area contributed by atoms with Crippen molar-refractivity contribution >= 4 is 23.1 Å². The van der Waals surface area contributed by atoms with E-state index >= 15 is 0 Å². The van der Waals surface area contributed by atoms with Gasteiger partial charge < -0.3 is 20.3 Å². The average Bonchev–Trinajstić information content (AvgIpc) is 3.65. The normalized spacial score (nSPS) is 17.0. The van der Waals surface area contributed by atoms with Gasteiger partial charge in [-0.1, -0.05) is 19.1 Å². The SMILES string of the molecule is CCN(C)Cc1nc(Nc2ccc(-c3cnc4cc(F)ccn34)c3c2C(=O)NC3)ccc1C1CCOC1. The maximum absolute atomic E-state index is 13.7. The van der Waals surface area contributed by atoms with Crippen LogP contribution in [0.1, 0.15) is 46.4 Å². The first kappa shape index (κ1) is 23.6. The number of pyridine rings is 2. The molecule has 1 aromatic carbocycles. The van der Waals surface area contributed by atoms with Crippen molar-refractivity contribution in [3.63, 3.8) is 0 Å². The summed E-state index contributed by atoms with van der Waals surface area (Å²) in [7, 11) is 2.08. The minimum Gasteiger partial charge on any atom is -0.381 e. The Morgan fingerprint density at radius 2 is 2.16 bits per heavy atom. The number of benzene rings is 1. The third-order valence-electron chi connectivity index (χ3n) is 7.32. The number of carbonyl (C=O) groups excluding carboxylic acids is 1. The van der Waals surface area contributed by atoms with Gasteiger partial charge in [-0.2, -0.15) is 0 Å². The van der Waals surface area contributed by atoms with E-state index in [1.807, 2.05) is 22.6 Å². The zero-order valence-corrected chi connectivity index (χ0v) is 20.9. The number of anilines is 2. The largest absolute Gasteiger partial charge is 0.381 e. The summed E-state index contributed by atoms with van der Waals surface area (Å²) in [5.41, 5.74) is 6.64. The van der Waals surface area contributed by atoms with Crippen molar-refractivity contribution in [3.05, 3.63) is 77.0 Å². The summed E-state index contributed by atoms with van der Waals surface area (Å²) >= 11 is 0. The first-order chi connectivity index (χ1) is 18.0. The molecule has 2 aliphatic rings. The first-order valence-corrected chi connectivity index (χ1v) is 12.6. The molecule has 0 aliphatic carbocycles. The molecule has 1 saturated heterocycles. The molecule has 4 aromatic rings. The summed E-state index contributed by atoms with van der Waals surface area (Å²) in [6, 6.07) is 10.8. The van der Waals surface area contributed by atoms with Crippen molar-refractivity contribution in [2.24, 2.45) is 0 Å².